The Morgan fingerprint density at radius 1 is 0.600 bits per heavy atom. The standard InChI is InChI=1S/C15H14/c1-15(2,13-9-5-3-6-10-13)14-11-7-4-8-12-14/h3-12H,1-2H2. The molecule has 0 heteroatoms. The van der Waals surface area contributed by atoms with Crippen LogP contribution in [0.5, 0.6) is 0 Å². The highest BCUT2D eigenvalue weighted by Gasteiger charge is 2.22. The van der Waals surface area contributed by atoms with E-state index in [0.717, 1.165) is 11.1 Å². The Balaban J connectivity index is 2.44. The average Bonchev–Trinajstić information content (AvgIpc) is 2.31. The predicted molar refractivity (Wildman–Crippen MR) is 64.4 cm³/mol. The molecule has 2 rings (SSSR count). The van der Waals surface area contributed by atoms with Gasteiger partial charge in [0, 0.05) is 5.41 Å². The lowest BCUT2D eigenvalue weighted by Gasteiger charge is -2.25. The van der Waals surface area contributed by atoms with Crippen molar-refractivity contribution in [2.75, 3.05) is 0 Å². The normalized spacial score (nSPS) is 11.3. The van der Waals surface area contributed by atoms with Gasteiger partial charge in [0.05, 0.1) is 0 Å². The van der Waals surface area contributed by atoms with Crippen LogP contribution in [0.4, 0.5) is 0 Å². The summed E-state index contributed by atoms with van der Waals surface area (Å²) in [6.45, 7) is 8.40. The molecule has 2 aromatic rings. The largest absolute Gasteiger partial charge is 0.0622 e. The zero-order chi connectivity index (χ0) is 10.7. The van der Waals surface area contributed by atoms with Crippen molar-refractivity contribution in [3.63, 3.8) is 0 Å². The molecular formula is C15H14. The third-order valence-electron chi connectivity index (χ3n) is 2.65. The van der Waals surface area contributed by atoms with E-state index in [-0.39, 0.29) is 0 Å². The maximum Gasteiger partial charge on any atom is 0.0203 e. The molecule has 0 spiro atoms. The van der Waals surface area contributed by atoms with Crippen molar-refractivity contribution < 1.29 is 0 Å². The van der Waals surface area contributed by atoms with Crippen molar-refractivity contribution >= 4 is 0 Å². The Kier molecular flexibility index (Phi) is 2.59. The van der Waals surface area contributed by atoms with E-state index in [2.05, 4.69) is 38.1 Å². The van der Waals surface area contributed by atoms with Crippen LogP contribution in [0, 0.1) is 13.8 Å². The van der Waals surface area contributed by atoms with Gasteiger partial charge in [-0.1, -0.05) is 60.7 Å². The maximum atomic E-state index is 4.20. The first-order valence-corrected chi connectivity index (χ1v) is 5.03. The third-order valence-corrected chi connectivity index (χ3v) is 2.65. The Morgan fingerprint density at radius 3 is 1.27 bits per heavy atom. The highest BCUT2D eigenvalue weighted by Crippen LogP contribution is 2.29. The fourth-order valence-electron chi connectivity index (χ4n) is 1.68. The molecule has 0 bridgehead atoms. The minimum absolute atomic E-state index is 0.414. The summed E-state index contributed by atoms with van der Waals surface area (Å²) < 4.78 is 0. The number of rotatable bonds is 2. The molecule has 0 fully saturated rings. The van der Waals surface area contributed by atoms with Crippen LogP contribution in [0.2, 0.25) is 0 Å². The molecule has 0 N–H and O–H groups in total. The first kappa shape index (κ1) is 9.97. The van der Waals surface area contributed by atoms with Crippen LogP contribution in [0.25, 0.3) is 0 Å². The second kappa shape index (κ2) is 3.90. The molecule has 2 radical (unpaired) electrons. The molecule has 0 aliphatic heterocycles. The first-order valence-electron chi connectivity index (χ1n) is 5.03. The van der Waals surface area contributed by atoms with Crippen molar-refractivity contribution in [2.45, 2.75) is 5.41 Å². The van der Waals surface area contributed by atoms with Gasteiger partial charge in [0.15, 0.2) is 0 Å². The van der Waals surface area contributed by atoms with E-state index in [1.807, 2.05) is 36.4 Å². The maximum absolute atomic E-state index is 4.20. The number of benzene rings is 2. The second-order valence-electron chi connectivity index (χ2n) is 3.81. The van der Waals surface area contributed by atoms with Crippen LogP contribution in [0.15, 0.2) is 60.7 Å². The Bertz CT molecular complexity index is 371. The zero-order valence-electron chi connectivity index (χ0n) is 8.69. The van der Waals surface area contributed by atoms with Crippen LogP contribution >= 0.6 is 0 Å². The molecule has 0 saturated heterocycles. The van der Waals surface area contributed by atoms with E-state index in [0.29, 0.717) is 0 Å². The van der Waals surface area contributed by atoms with Gasteiger partial charge < -0.3 is 0 Å². The molecule has 0 atom stereocenters. The highest BCUT2D eigenvalue weighted by atomic mass is 14.2. The second-order valence-corrected chi connectivity index (χ2v) is 3.81. The Hall–Kier alpha value is -1.56. The molecule has 74 valence electrons. The molecule has 0 nitrogen and oxygen atoms in total. The van der Waals surface area contributed by atoms with Gasteiger partial charge in [-0.25, -0.2) is 0 Å². The van der Waals surface area contributed by atoms with Gasteiger partial charge in [-0.2, -0.15) is 0 Å². The van der Waals surface area contributed by atoms with Gasteiger partial charge in [-0.05, 0) is 25.0 Å². The minimum Gasteiger partial charge on any atom is -0.0622 e. The molecule has 0 aromatic heterocycles. The first-order chi connectivity index (χ1) is 7.21. The molecular weight excluding hydrogens is 180 g/mol. The topological polar surface area (TPSA) is 0 Å². The van der Waals surface area contributed by atoms with Gasteiger partial charge in [0.2, 0.25) is 0 Å². The van der Waals surface area contributed by atoms with E-state index in [1.54, 1.807) is 0 Å². The van der Waals surface area contributed by atoms with E-state index >= 15 is 0 Å². The lowest BCUT2D eigenvalue weighted by molar-refractivity contribution is 0.806. The third kappa shape index (κ3) is 1.94. The SMILES string of the molecule is [CH2]C([CH2])(c1ccccc1)c1ccccc1. The Labute approximate surface area is 91.6 Å². The van der Waals surface area contributed by atoms with Crippen LogP contribution in [-0.2, 0) is 5.41 Å². The van der Waals surface area contributed by atoms with Gasteiger partial charge in [0.1, 0.15) is 0 Å². The fraction of sp³-hybridized carbons (Fsp3) is 0.0667. The van der Waals surface area contributed by atoms with E-state index in [1.165, 1.54) is 0 Å². The average molecular weight is 194 g/mol. The van der Waals surface area contributed by atoms with Crippen molar-refractivity contribution in [1.82, 2.24) is 0 Å². The van der Waals surface area contributed by atoms with Crippen LogP contribution in [-0.4, -0.2) is 0 Å². The summed E-state index contributed by atoms with van der Waals surface area (Å²) in [5.74, 6) is 0. The summed E-state index contributed by atoms with van der Waals surface area (Å²) in [7, 11) is 0. The quantitative estimate of drug-likeness (QED) is 0.684. The summed E-state index contributed by atoms with van der Waals surface area (Å²) in [6.07, 6.45) is 0. The van der Waals surface area contributed by atoms with E-state index in [9.17, 15) is 0 Å². The predicted octanol–water partition coefficient (Wildman–Crippen LogP) is 3.64. The van der Waals surface area contributed by atoms with Crippen molar-refractivity contribution in [2.24, 2.45) is 0 Å². The highest BCUT2D eigenvalue weighted by molar-refractivity contribution is 5.41. The molecule has 0 aliphatic rings. The van der Waals surface area contributed by atoms with Gasteiger partial charge in [-0.3, -0.25) is 0 Å². The van der Waals surface area contributed by atoms with Crippen LogP contribution in [0.3, 0.4) is 0 Å². The molecule has 0 unspecified atom stereocenters. The summed E-state index contributed by atoms with van der Waals surface area (Å²) >= 11 is 0. The molecule has 2 aromatic carbocycles. The van der Waals surface area contributed by atoms with Crippen LogP contribution in [0.1, 0.15) is 11.1 Å². The fourth-order valence-corrected chi connectivity index (χ4v) is 1.68. The minimum atomic E-state index is -0.414. The van der Waals surface area contributed by atoms with E-state index in [4.69, 9.17) is 0 Å². The monoisotopic (exact) mass is 194 g/mol. The molecule has 0 aliphatic carbocycles. The van der Waals surface area contributed by atoms with Crippen LogP contribution < -0.4 is 0 Å². The summed E-state index contributed by atoms with van der Waals surface area (Å²) in [4.78, 5) is 0. The van der Waals surface area contributed by atoms with Gasteiger partial charge in [0.25, 0.3) is 0 Å². The zero-order valence-corrected chi connectivity index (χ0v) is 8.69. The lowest BCUT2D eigenvalue weighted by Crippen LogP contribution is -2.19. The summed E-state index contributed by atoms with van der Waals surface area (Å²) in [5, 5.41) is 0. The molecule has 0 saturated carbocycles. The van der Waals surface area contributed by atoms with Crippen molar-refractivity contribution in [3.8, 4) is 0 Å². The lowest BCUT2D eigenvalue weighted by atomic mass is 9.78. The van der Waals surface area contributed by atoms with Gasteiger partial charge >= 0.3 is 0 Å². The number of hydrogen-bond acceptors (Lipinski definition) is 0. The van der Waals surface area contributed by atoms with E-state index < -0.39 is 5.41 Å². The van der Waals surface area contributed by atoms with Crippen molar-refractivity contribution in [3.05, 3.63) is 85.6 Å². The summed E-state index contributed by atoms with van der Waals surface area (Å²) in [6, 6.07) is 20.3. The molecule has 0 amide bonds. The molecule has 15 heavy (non-hydrogen) atoms. The Morgan fingerprint density at radius 2 is 0.933 bits per heavy atom. The number of hydrogen-bond donors (Lipinski definition) is 0. The molecule has 0 heterocycles. The summed E-state index contributed by atoms with van der Waals surface area (Å²) in [5.41, 5.74) is 1.86. The van der Waals surface area contributed by atoms with Gasteiger partial charge in [-0.15, -0.1) is 0 Å². The smallest absolute Gasteiger partial charge is 0.0203 e. The van der Waals surface area contributed by atoms with Crippen molar-refractivity contribution in [1.29, 1.82) is 0 Å².